The largest absolute Gasteiger partial charge is 0.314 e. The van der Waals surface area contributed by atoms with E-state index < -0.39 is 0 Å². The van der Waals surface area contributed by atoms with Crippen LogP contribution in [0.15, 0.2) is 6.07 Å². The molecule has 86 valence electrons. The number of aromatic nitrogens is 2. The number of hydrogen-bond acceptors (Lipinski definition) is 5. The molecule has 5 heteroatoms. The van der Waals surface area contributed by atoms with Gasteiger partial charge in [-0.25, -0.2) is 15.0 Å². The molecule has 2 fully saturated rings. The number of hydrogen-bond donors (Lipinski definition) is 1. The fraction of sp³-hybridized carbons (Fsp3) is 0.636. The maximum Gasteiger partial charge on any atom is 0.250 e. The third-order valence-corrected chi connectivity index (χ3v) is 3.13. The van der Waals surface area contributed by atoms with Gasteiger partial charge in [-0.1, -0.05) is 0 Å². The Morgan fingerprint density at radius 3 is 2.75 bits per heavy atom. The first-order valence-corrected chi connectivity index (χ1v) is 5.70. The predicted molar refractivity (Wildman–Crippen MR) is 60.1 cm³/mol. The van der Waals surface area contributed by atoms with E-state index in [2.05, 4.69) is 15.3 Å². The number of rotatable bonds is 1. The second kappa shape index (κ2) is 3.68. The van der Waals surface area contributed by atoms with Gasteiger partial charge in [-0.2, -0.15) is 0 Å². The van der Waals surface area contributed by atoms with Crippen LogP contribution in [0.25, 0.3) is 0 Å². The molecule has 0 amide bonds. The Morgan fingerprint density at radius 2 is 2.06 bits per heavy atom. The van der Waals surface area contributed by atoms with Crippen LogP contribution < -0.4 is 10.4 Å². The molecule has 0 radical (unpaired) electrons. The molecule has 2 saturated heterocycles. The molecule has 0 aromatic carbocycles. The topological polar surface area (TPSA) is 50.3 Å². The number of aryl methyl sites for hydroxylation is 2. The summed E-state index contributed by atoms with van der Waals surface area (Å²) >= 11 is 0. The molecule has 5 nitrogen and oxygen atoms in total. The second-order valence-corrected chi connectivity index (χ2v) is 4.57. The van der Waals surface area contributed by atoms with Crippen LogP contribution >= 0.6 is 0 Å². The van der Waals surface area contributed by atoms with E-state index in [1.54, 1.807) is 0 Å². The smallest absolute Gasteiger partial charge is 0.250 e. The van der Waals surface area contributed by atoms with Crippen molar-refractivity contribution in [3.8, 4) is 0 Å². The summed E-state index contributed by atoms with van der Waals surface area (Å²) in [5.74, 6) is 1.27. The maximum absolute atomic E-state index is 5.83. The molecule has 0 aliphatic carbocycles. The van der Waals surface area contributed by atoms with E-state index in [-0.39, 0.29) is 0 Å². The van der Waals surface area contributed by atoms with Gasteiger partial charge < -0.3 is 5.32 Å². The molecule has 2 aliphatic heterocycles. The Labute approximate surface area is 94.8 Å². The zero-order valence-corrected chi connectivity index (χ0v) is 9.60. The summed E-state index contributed by atoms with van der Waals surface area (Å²) in [4.78, 5) is 14.7. The van der Waals surface area contributed by atoms with Gasteiger partial charge in [0.25, 0.3) is 0 Å². The van der Waals surface area contributed by atoms with Gasteiger partial charge in [0.1, 0.15) is 6.10 Å². The standard InChI is InChI=1S/C11H16N4O/c1-7-3-8(2)14-11(13-7)15-6-9-4-12-5-10(9)16-15/h3,9-10,12H,4-6H2,1-2H3/t9-,10?/m0/s1. The van der Waals surface area contributed by atoms with Crippen LogP contribution in [0.1, 0.15) is 11.4 Å². The predicted octanol–water partition coefficient (Wildman–Crippen LogP) is 0.433. The van der Waals surface area contributed by atoms with Crippen molar-refractivity contribution in [1.82, 2.24) is 15.3 Å². The molecular formula is C11H16N4O. The van der Waals surface area contributed by atoms with E-state index >= 15 is 0 Å². The monoisotopic (exact) mass is 220 g/mol. The zero-order chi connectivity index (χ0) is 11.1. The Bertz CT molecular complexity index is 377. The first kappa shape index (κ1) is 9.99. The van der Waals surface area contributed by atoms with Crippen molar-refractivity contribution < 1.29 is 4.84 Å². The van der Waals surface area contributed by atoms with Crippen molar-refractivity contribution in [2.45, 2.75) is 20.0 Å². The fourth-order valence-electron chi connectivity index (χ4n) is 2.38. The van der Waals surface area contributed by atoms with Gasteiger partial charge >= 0.3 is 0 Å². The van der Waals surface area contributed by atoms with Gasteiger partial charge in [0.2, 0.25) is 5.95 Å². The quantitative estimate of drug-likeness (QED) is 0.744. The lowest BCUT2D eigenvalue weighted by Crippen LogP contribution is -2.26. The van der Waals surface area contributed by atoms with Crippen molar-refractivity contribution in [3.05, 3.63) is 17.5 Å². The molecule has 0 saturated carbocycles. The summed E-state index contributed by atoms with van der Waals surface area (Å²) < 4.78 is 0. The Kier molecular flexibility index (Phi) is 2.29. The number of nitrogens with zero attached hydrogens (tertiary/aromatic N) is 3. The molecule has 16 heavy (non-hydrogen) atoms. The minimum absolute atomic E-state index is 0.296. The van der Waals surface area contributed by atoms with Crippen LogP contribution in [0.4, 0.5) is 5.95 Å². The normalized spacial score (nSPS) is 28.5. The lowest BCUT2D eigenvalue weighted by atomic mass is 10.1. The Hall–Kier alpha value is -1.20. The SMILES string of the molecule is Cc1cc(C)nc(N2C[C@@H]3CNCC3O2)n1. The molecule has 1 aromatic heterocycles. The lowest BCUT2D eigenvalue weighted by molar-refractivity contribution is 0.0863. The van der Waals surface area contributed by atoms with Crippen LogP contribution in [-0.4, -0.2) is 35.7 Å². The molecule has 2 atom stereocenters. The van der Waals surface area contributed by atoms with Gasteiger partial charge in [-0.15, -0.1) is 0 Å². The minimum atomic E-state index is 0.296. The molecule has 3 heterocycles. The molecule has 2 aliphatic rings. The zero-order valence-electron chi connectivity index (χ0n) is 9.60. The van der Waals surface area contributed by atoms with Crippen LogP contribution in [0.2, 0.25) is 0 Å². The van der Waals surface area contributed by atoms with Crippen molar-refractivity contribution in [2.24, 2.45) is 5.92 Å². The first-order chi connectivity index (χ1) is 7.72. The highest BCUT2D eigenvalue weighted by Gasteiger charge is 2.38. The summed E-state index contributed by atoms with van der Waals surface area (Å²) in [7, 11) is 0. The average Bonchev–Trinajstić information content (AvgIpc) is 2.74. The average molecular weight is 220 g/mol. The van der Waals surface area contributed by atoms with Gasteiger partial charge in [0.15, 0.2) is 0 Å². The Balaban J connectivity index is 1.83. The highest BCUT2D eigenvalue weighted by atomic mass is 16.7. The van der Waals surface area contributed by atoms with E-state index in [1.165, 1.54) is 0 Å². The number of fused-ring (bicyclic) bond motifs is 1. The molecule has 3 rings (SSSR count). The van der Waals surface area contributed by atoms with Crippen LogP contribution in [0, 0.1) is 19.8 Å². The Morgan fingerprint density at radius 1 is 1.31 bits per heavy atom. The summed E-state index contributed by atoms with van der Waals surface area (Å²) in [6, 6.07) is 1.97. The molecular weight excluding hydrogens is 204 g/mol. The number of anilines is 1. The van der Waals surface area contributed by atoms with E-state index in [1.807, 2.05) is 25.0 Å². The van der Waals surface area contributed by atoms with Gasteiger partial charge in [0.05, 0.1) is 6.54 Å². The third kappa shape index (κ3) is 1.66. The van der Waals surface area contributed by atoms with Crippen LogP contribution in [0.5, 0.6) is 0 Å². The van der Waals surface area contributed by atoms with E-state index in [9.17, 15) is 0 Å². The van der Waals surface area contributed by atoms with Crippen LogP contribution in [0.3, 0.4) is 0 Å². The number of hydroxylamine groups is 1. The molecule has 1 aromatic rings. The minimum Gasteiger partial charge on any atom is -0.314 e. The summed E-state index contributed by atoms with van der Waals surface area (Å²) in [5, 5.41) is 5.17. The first-order valence-electron chi connectivity index (χ1n) is 5.70. The van der Waals surface area contributed by atoms with E-state index in [0.717, 1.165) is 31.0 Å². The van der Waals surface area contributed by atoms with Crippen molar-refractivity contribution in [1.29, 1.82) is 0 Å². The van der Waals surface area contributed by atoms with E-state index in [4.69, 9.17) is 4.84 Å². The molecule has 0 spiro atoms. The highest BCUT2D eigenvalue weighted by Crippen LogP contribution is 2.26. The number of nitrogens with one attached hydrogen (secondary N) is 1. The maximum atomic E-state index is 5.83. The highest BCUT2D eigenvalue weighted by molar-refractivity contribution is 5.30. The third-order valence-electron chi connectivity index (χ3n) is 3.13. The lowest BCUT2D eigenvalue weighted by Gasteiger charge is -2.16. The van der Waals surface area contributed by atoms with Crippen molar-refractivity contribution >= 4 is 5.95 Å². The van der Waals surface area contributed by atoms with Crippen LogP contribution in [-0.2, 0) is 4.84 Å². The fourth-order valence-corrected chi connectivity index (χ4v) is 2.38. The molecule has 1 unspecified atom stereocenters. The van der Waals surface area contributed by atoms with Gasteiger partial charge in [-0.3, -0.25) is 4.84 Å². The van der Waals surface area contributed by atoms with Gasteiger partial charge in [-0.05, 0) is 19.9 Å². The van der Waals surface area contributed by atoms with Crippen molar-refractivity contribution in [3.63, 3.8) is 0 Å². The molecule has 1 N–H and O–H groups in total. The van der Waals surface area contributed by atoms with E-state index in [0.29, 0.717) is 18.0 Å². The molecule has 0 bridgehead atoms. The second-order valence-electron chi connectivity index (χ2n) is 4.57. The summed E-state index contributed by atoms with van der Waals surface area (Å²) in [6.07, 6.45) is 0.296. The summed E-state index contributed by atoms with van der Waals surface area (Å²) in [6.45, 7) is 6.83. The van der Waals surface area contributed by atoms with Crippen molar-refractivity contribution in [2.75, 3.05) is 24.7 Å². The van der Waals surface area contributed by atoms with Gasteiger partial charge in [0, 0.05) is 30.4 Å². The summed E-state index contributed by atoms with van der Waals surface area (Å²) in [5.41, 5.74) is 1.97.